The molecule has 2 amide bonds. The van der Waals surface area contributed by atoms with Crippen molar-refractivity contribution in [3.05, 3.63) is 99.0 Å². The lowest BCUT2D eigenvalue weighted by Gasteiger charge is -2.57. The van der Waals surface area contributed by atoms with Crippen LogP contribution in [0, 0.1) is 11.8 Å². The average Bonchev–Trinajstić information content (AvgIpc) is 3.05. The molecular weight excluding hydrogens is 429 g/mol. The molecule has 2 atom stereocenters. The molecule has 2 bridgehead atoms. The minimum Gasteiger partial charge on any atom is -0.274 e. The Hall–Kier alpha value is -2.62. The van der Waals surface area contributed by atoms with Gasteiger partial charge in [-0.05, 0) is 40.5 Å². The summed E-state index contributed by atoms with van der Waals surface area (Å²) in [4.78, 5) is 29.2. The van der Waals surface area contributed by atoms with Gasteiger partial charge < -0.3 is 0 Å². The second-order valence-corrected chi connectivity index (χ2v) is 9.90. The Bertz CT molecular complexity index is 1190. The molecule has 0 unspecified atom stereocenters. The highest BCUT2D eigenvalue weighted by Crippen LogP contribution is 2.66. The molecule has 154 valence electrons. The number of nitrogens with zero attached hydrogens (tertiary/aromatic N) is 1. The maximum atomic E-state index is 14.0. The van der Waals surface area contributed by atoms with Crippen molar-refractivity contribution in [1.82, 2.24) is 0 Å². The number of carbonyl (C=O) groups is 2. The van der Waals surface area contributed by atoms with E-state index < -0.39 is 22.7 Å². The molecule has 31 heavy (non-hydrogen) atoms. The molecule has 5 heteroatoms. The number of anilines is 1. The lowest BCUT2D eigenvalue weighted by molar-refractivity contribution is -0.124. The molecule has 0 N–H and O–H groups in total. The molecule has 0 spiro atoms. The third kappa shape index (κ3) is 2.07. The van der Waals surface area contributed by atoms with Crippen LogP contribution in [0.1, 0.15) is 36.1 Å². The number of hydrogen-bond acceptors (Lipinski definition) is 2. The Labute approximate surface area is 190 Å². The van der Waals surface area contributed by atoms with Crippen molar-refractivity contribution < 1.29 is 9.59 Å². The molecule has 0 radical (unpaired) electrons. The fourth-order valence-electron chi connectivity index (χ4n) is 6.47. The summed E-state index contributed by atoms with van der Waals surface area (Å²) in [5.74, 6) is -1.44. The maximum absolute atomic E-state index is 14.0. The van der Waals surface area contributed by atoms with Gasteiger partial charge >= 0.3 is 0 Å². The number of halogens is 2. The topological polar surface area (TPSA) is 37.4 Å². The number of hydrogen-bond donors (Lipinski definition) is 0. The van der Waals surface area contributed by atoms with Crippen LogP contribution >= 0.6 is 23.2 Å². The van der Waals surface area contributed by atoms with Gasteiger partial charge in [0, 0.05) is 15.9 Å². The normalized spacial score (nSPS) is 30.3. The molecule has 3 aromatic carbocycles. The fraction of sp³-hybridized carbons (Fsp3) is 0.231. The van der Waals surface area contributed by atoms with Gasteiger partial charge in [0.05, 0.1) is 22.5 Å². The van der Waals surface area contributed by atoms with Gasteiger partial charge in [0.1, 0.15) is 0 Å². The van der Waals surface area contributed by atoms with Crippen LogP contribution in [0.25, 0.3) is 0 Å². The molecule has 3 aromatic rings. The molecule has 4 aliphatic rings. The SMILES string of the molecule is CC12c3ccccc3C(C)(c3ccccc31)[C@H]1C(=O)N(c3cc(Cl)ccc3Cl)C(=O)[C@H]12. The number of rotatable bonds is 1. The molecular formula is C26H19Cl2NO2. The van der Waals surface area contributed by atoms with E-state index in [1.165, 1.54) is 4.90 Å². The van der Waals surface area contributed by atoms with Crippen LogP contribution in [0.2, 0.25) is 10.0 Å². The Morgan fingerprint density at radius 2 is 1.13 bits per heavy atom. The first-order chi connectivity index (χ1) is 14.8. The zero-order valence-corrected chi connectivity index (χ0v) is 18.5. The van der Waals surface area contributed by atoms with E-state index in [0.717, 1.165) is 22.3 Å². The van der Waals surface area contributed by atoms with Gasteiger partial charge in [-0.25, -0.2) is 4.90 Å². The summed E-state index contributed by atoms with van der Waals surface area (Å²) in [6.07, 6.45) is 0. The summed E-state index contributed by atoms with van der Waals surface area (Å²) in [6, 6.07) is 21.4. The Kier molecular flexibility index (Phi) is 3.69. The smallest absolute Gasteiger partial charge is 0.239 e. The summed E-state index contributed by atoms with van der Waals surface area (Å²) in [5.41, 5.74) is 3.63. The number of benzene rings is 3. The predicted molar refractivity (Wildman–Crippen MR) is 122 cm³/mol. The van der Waals surface area contributed by atoms with Crippen LogP contribution < -0.4 is 4.90 Å². The van der Waals surface area contributed by atoms with Crippen molar-refractivity contribution in [3.63, 3.8) is 0 Å². The van der Waals surface area contributed by atoms with E-state index in [4.69, 9.17) is 23.2 Å². The number of carbonyl (C=O) groups excluding carboxylic acids is 2. The van der Waals surface area contributed by atoms with E-state index in [1.54, 1.807) is 18.2 Å². The molecule has 3 nitrogen and oxygen atoms in total. The highest BCUT2D eigenvalue weighted by Gasteiger charge is 2.70. The third-order valence-corrected chi connectivity index (χ3v) is 8.35. The van der Waals surface area contributed by atoms with E-state index in [1.807, 2.05) is 24.3 Å². The van der Waals surface area contributed by atoms with Crippen molar-refractivity contribution in [2.45, 2.75) is 24.7 Å². The average molecular weight is 448 g/mol. The van der Waals surface area contributed by atoms with Crippen LogP contribution in [0.4, 0.5) is 5.69 Å². The van der Waals surface area contributed by atoms with E-state index in [-0.39, 0.29) is 11.8 Å². The molecule has 3 aliphatic carbocycles. The highest BCUT2D eigenvalue weighted by atomic mass is 35.5. The lowest BCUT2D eigenvalue weighted by atomic mass is 9.42. The van der Waals surface area contributed by atoms with Crippen molar-refractivity contribution >= 4 is 40.7 Å². The minimum atomic E-state index is -0.609. The quantitative estimate of drug-likeness (QED) is 0.446. The van der Waals surface area contributed by atoms with Crippen molar-refractivity contribution in [2.75, 3.05) is 4.90 Å². The first-order valence-corrected chi connectivity index (χ1v) is 11.1. The van der Waals surface area contributed by atoms with Crippen LogP contribution in [-0.4, -0.2) is 11.8 Å². The summed E-state index contributed by atoms with van der Waals surface area (Å²) < 4.78 is 0. The Morgan fingerprint density at radius 1 is 0.710 bits per heavy atom. The highest BCUT2D eigenvalue weighted by molar-refractivity contribution is 6.38. The fourth-order valence-corrected chi connectivity index (χ4v) is 6.83. The molecule has 1 heterocycles. The van der Waals surface area contributed by atoms with Crippen LogP contribution in [0.5, 0.6) is 0 Å². The molecule has 0 aromatic heterocycles. The standard InChI is InChI=1S/C26H19Cl2NO2/c1-25-15-7-3-5-9-17(15)26(2,18-10-6-4-8-16(18)25)22-21(25)23(30)29(24(22)31)20-13-14(27)11-12-19(20)28/h3-13,21-22H,1-2H3/t21-,22+,25?,26?. The van der Waals surface area contributed by atoms with Crippen LogP contribution in [0.15, 0.2) is 66.7 Å². The molecule has 1 saturated heterocycles. The van der Waals surface area contributed by atoms with E-state index in [9.17, 15) is 9.59 Å². The Morgan fingerprint density at radius 3 is 1.55 bits per heavy atom. The summed E-state index contributed by atoms with van der Waals surface area (Å²) in [5, 5.41) is 0.768. The summed E-state index contributed by atoms with van der Waals surface area (Å²) in [6.45, 7) is 4.21. The van der Waals surface area contributed by atoms with Crippen LogP contribution in [0.3, 0.4) is 0 Å². The summed E-state index contributed by atoms with van der Waals surface area (Å²) >= 11 is 12.6. The van der Waals surface area contributed by atoms with Gasteiger partial charge in [0.2, 0.25) is 11.8 Å². The number of amides is 2. The van der Waals surface area contributed by atoms with Gasteiger partial charge in [0.25, 0.3) is 0 Å². The monoisotopic (exact) mass is 447 g/mol. The van der Waals surface area contributed by atoms with Gasteiger partial charge in [0.15, 0.2) is 0 Å². The Balaban J connectivity index is 1.67. The molecule has 1 fully saturated rings. The van der Waals surface area contributed by atoms with Crippen molar-refractivity contribution in [1.29, 1.82) is 0 Å². The van der Waals surface area contributed by atoms with Crippen LogP contribution in [-0.2, 0) is 20.4 Å². The zero-order chi connectivity index (χ0) is 21.7. The molecule has 0 saturated carbocycles. The summed E-state index contributed by atoms with van der Waals surface area (Å²) in [7, 11) is 0. The predicted octanol–water partition coefficient (Wildman–Crippen LogP) is 5.74. The first-order valence-electron chi connectivity index (χ1n) is 10.3. The molecule has 7 rings (SSSR count). The van der Waals surface area contributed by atoms with E-state index in [0.29, 0.717) is 15.7 Å². The maximum Gasteiger partial charge on any atom is 0.239 e. The first kappa shape index (κ1) is 19.1. The van der Waals surface area contributed by atoms with Gasteiger partial charge in [-0.3, -0.25) is 9.59 Å². The van der Waals surface area contributed by atoms with E-state index >= 15 is 0 Å². The van der Waals surface area contributed by atoms with Crippen molar-refractivity contribution in [2.24, 2.45) is 11.8 Å². The minimum absolute atomic E-state index is 0.211. The second kappa shape index (κ2) is 5.99. The van der Waals surface area contributed by atoms with Crippen molar-refractivity contribution in [3.8, 4) is 0 Å². The third-order valence-electron chi connectivity index (χ3n) is 7.79. The zero-order valence-electron chi connectivity index (χ0n) is 17.0. The lowest BCUT2D eigenvalue weighted by Crippen LogP contribution is -2.59. The largest absolute Gasteiger partial charge is 0.274 e. The van der Waals surface area contributed by atoms with Gasteiger partial charge in [-0.1, -0.05) is 85.6 Å². The van der Waals surface area contributed by atoms with Gasteiger partial charge in [-0.15, -0.1) is 0 Å². The second-order valence-electron chi connectivity index (χ2n) is 9.06. The number of imide groups is 1. The van der Waals surface area contributed by atoms with Gasteiger partial charge in [-0.2, -0.15) is 0 Å². The molecule has 1 aliphatic heterocycles. The van der Waals surface area contributed by atoms with E-state index in [2.05, 4.69) is 38.1 Å².